The van der Waals surface area contributed by atoms with Crippen molar-refractivity contribution in [3.8, 4) is 0 Å². The van der Waals surface area contributed by atoms with Crippen molar-refractivity contribution in [1.29, 1.82) is 0 Å². The van der Waals surface area contributed by atoms with Crippen LogP contribution in [0.15, 0.2) is 24.3 Å². The minimum Gasteiger partial charge on any atom is -0.462 e. The Kier molecular flexibility index (Phi) is 12.6. The molecule has 0 radical (unpaired) electrons. The van der Waals surface area contributed by atoms with Crippen LogP contribution in [0.2, 0.25) is 0 Å². The summed E-state index contributed by atoms with van der Waals surface area (Å²) < 4.78 is 10.3. The Morgan fingerprint density at radius 3 is 1.74 bits per heavy atom. The van der Waals surface area contributed by atoms with Crippen LogP contribution < -0.4 is 0 Å². The van der Waals surface area contributed by atoms with Crippen molar-refractivity contribution in [2.75, 3.05) is 13.2 Å². The van der Waals surface area contributed by atoms with Crippen LogP contribution >= 0.6 is 11.6 Å². The van der Waals surface area contributed by atoms with Crippen molar-refractivity contribution < 1.29 is 19.1 Å². The summed E-state index contributed by atoms with van der Waals surface area (Å²) in [7, 11) is 0. The average Bonchev–Trinajstić information content (AvgIpc) is 2.67. The zero-order valence-corrected chi connectivity index (χ0v) is 17.4. The Balaban J connectivity index is 2.17. The highest BCUT2D eigenvalue weighted by Crippen LogP contribution is 2.11. The second kappa shape index (κ2) is 14.5. The molecule has 0 fully saturated rings. The molecule has 0 aromatic heterocycles. The van der Waals surface area contributed by atoms with E-state index >= 15 is 0 Å². The number of hydrogen-bond donors (Lipinski definition) is 0. The highest BCUT2D eigenvalue weighted by atomic mass is 35.5. The zero-order valence-electron chi connectivity index (χ0n) is 16.7. The topological polar surface area (TPSA) is 52.6 Å². The summed E-state index contributed by atoms with van der Waals surface area (Å²) in [5, 5.41) is -0.232. The van der Waals surface area contributed by atoms with Gasteiger partial charge in [-0.25, -0.2) is 9.59 Å². The van der Waals surface area contributed by atoms with Crippen molar-refractivity contribution in [2.24, 2.45) is 0 Å². The summed E-state index contributed by atoms with van der Waals surface area (Å²) in [4.78, 5) is 23.8. The van der Waals surface area contributed by atoms with E-state index in [9.17, 15) is 9.59 Å². The van der Waals surface area contributed by atoms with Crippen molar-refractivity contribution in [2.45, 2.75) is 77.0 Å². The predicted octanol–water partition coefficient (Wildman–Crippen LogP) is 6.16. The first kappa shape index (κ1) is 23.5. The van der Waals surface area contributed by atoms with Crippen LogP contribution in [-0.4, -0.2) is 30.5 Å². The van der Waals surface area contributed by atoms with E-state index in [2.05, 4.69) is 6.92 Å². The highest BCUT2D eigenvalue weighted by Gasteiger charge is 2.11. The van der Waals surface area contributed by atoms with E-state index in [1.54, 1.807) is 31.2 Å². The number of carbonyl (C=O) groups is 2. The second-order valence-corrected chi connectivity index (χ2v) is 7.67. The van der Waals surface area contributed by atoms with E-state index in [1.165, 1.54) is 44.9 Å². The number of benzene rings is 1. The molecule has 27 heavy (non-hydrogen) atoms. The number of rotatable bonds is 14. The second-order valence-electron chi connectivity index (χ2n) is 6.92. The summed E-state index contributed by atoms with van der Waals surface area (Å²) in [6.45, 7) is 4.57. The molecule has 0 aliphatic heterocycles. The minimum absolute atomic E-state index is 0.156. The van der Waals surface area contributed by atoms with Gasteiger partial charge in [-0.3, -0.25) is 0 Å². The summed E-state index contributed by atoms with van der Waals surface area (Å²) >= 11 is 5.75. The van der Waals surface area contributed by atoms with E-state index in [0.717, 1.165) is 12.8 Å². The molecule has 0 saturated carbocycles. The third-order valence-corrected chi connectivity index (χ3v) is 4.41. The van der Waals surface area contributed by atoms with Gasteiger partial charge < -0.3 is 9.47 Å². The predicted molar refractivity (Wildman–Crippen MR) is 110 cm³/mol. The number of unbranched alkanes of at least 4 members (excludes halogenated alkanes) is 8. The van der Waals surface area contributed by atoms with Gasteiger partial charge in [0.25, 0.3) is 0 Å². The van der Waals surface area contributed by atoms with Crippen molar-refractivity contribution in [1.82, 2.24) is 0 Å². The third kappa shape index (κ3) is 11.0. The Labute approximate surface area is 168 Å². The van der Waals surface area contributed by atoms with E-state index in [0.29, 0.717) is 17.7 Å². The maximum absolute atomic E-state index is 12.0. The summed E-state index contributed by atoms with van der Waals surface area (Å²) in [6.07, 6.45) is 11.0. The average molecular weight is 397 g/mol. The van der Waals surface area contributed by atoms with E-state index < -0.39 is 5.97 Å². The molecule has 1 unspecified atom stereocenters. The highest BCUT2D eigenvalue weighted by molar-refractivity contribution is 6.20. The molecule has 0 aliphatic rings. The summed E-state index contributed by atoms with van der Waals surface area (Å²) in [5.41, 5.74) is 0.830. The molecule has 1 aromatic carbocycles. The Morgan fingerprint density at radius 2 is 1.26 bits per heavy atom. The normalized spacial score (nSPS) is 11.8. The number of esters is 2. The first-order valence-corrected chi connectivity index (χ1v) is 10.6. The molecule has 1 aromatic rings. The minimum atomic E-state index is -0.447. The van der Waals surface area contributed by atoms with Gasteiger partial charge in [0.1, 0.15) is 6.61 Å². The number of halogens is 1. The third-order valence-electron chi connectivity index (χ3n) is 4.28. The molecule has 0 heterocycles. The van der Waals surface area contributed by atoms with Crippen molar-refractivity contribution >= 4 is 23.5 Å². The molecule has 0 N–H and O–H groups in total. The lowest BCUT2D eigenvalue weighted by atomic mass is 10.1. The fraction of sp³-hybridized carbons (Fsp3) is 0.636. The van der Waals surface area contributed by atoms with Crippen LogP contribution in [-0.2, 0) is 9.47 Å². The van der Waals surface area contributed by atoms with Gasteiger partial charge in [0.15, 0.2) is 0 Å². The standard InChI is InChI=1S/C22H33ClO4/c1-3-4-5-6-7-8-9-10-11-16-26-21(24)19-12-14-20(15-13-19)22(25)27-17-18(2)23/h12-15,18H,3-11,16-17H2,1-2H3. The van der Waals surface area contributed by atoms with Crippen LogP contribution in [0.4, 0.5) is 0 Å². The molecular weight excluding hydrogens is 364 g/mol. The van der Waals surface area contributed by atoms with E-state index in [-0.39, 0.29) is 18.0 Å². The molecule has 0 saturated heterocycles. The molecule has 0 spiro atoms. The monoisotopic (exact) mass is 396 g/mol. The molecule has 5 heteroatoms. The lowest BCUT2D eigenvalue weighted by Gasteiger charge is -2.07. The van der Waals surface area contributed by atoms with Gasteiger partial charge in [0, 0.05) is 0 Å². The van der Waals surface area contributed by atoms with Crippen LogP contribution in [0.1, 0.15) is 92.4 Å². The molecule has 0 aliphatic carbocycles. The summed E-state index contributed by atoms with van der Waals surface area (Å²) in [5.74, 6) is -0.805. The van der Waals surface area contributed by atoms with Crippen LogP contribution in [0.5, 0.6) is 0 Å². The van der Waals surface area contributed by atoms with Gasteiger partial charge in [-0.1, -0.05) is 58.3 Å². The fourth-order valence-corrected chi connectivity index (χ4v) is 2.74. The molecule has 152 valence electrons. The molecule has 0 bridgehead atoms. The first-order valence-electron chi connectivity index (χ1n) is 10.1. The molecule has 1 rings (SSSR count). The van der Waals surface area contributed by atoms with Gasteiger partial charge in [-0.05, 0) is 37.6 Å². The van der Waals surface area contributed by atoms with Crippen LogP contribution in [0.3, 0.4) is 0 Å². The fourth-order valence-electron chi connectivity index (χ4n) is 2.68. The van der Waals surface area contributed by atoms with Gasteiger partial charge >= 0.3 is 11.9 Å². The van der Waals surface area contributed by atoms with E-state index in [4.69, 9.17) is 21.1 Å². The SMILES string of the molecule is CCCCCCCCCCCOC(=O)c1ccc(C(=O)OCC(C)Cl)cc1. The Hall–Kier alpha value is -1.55. The molecular formula is C22H33ClO4. The largest absolute Gasteiger partial charge is 0.462 e. The van der Waals surface area contributed by atoms with Gasteiger partial charge in [-0.15, -0.1) is 11.6 Å². The lowest BCUT2D eigenvalue weighted by Crippen LogP contribution is -2.12. The van der Waals surface area contributed by atoms with Crippen molar-refractivity contribution in [3.63, 3.8) is 0 Å². The lowest BCUT2D eigenvalue weighted by molar-refractivity contribution is 0.0487. The first-order chi connectivity index (χ1) is 13.0. The Morgan fingerprint density at radius 1 is 0.815 bits per heavy atom. The Bertz CT molecular complexity index is 540. The van der Waals surface area contributed by atoms with E-state index in [1.807, 2.05) is 0 Å². The van der Waals surface area contributed by atoms with Gasteiger partial charge in [-0.2, -0.15) is 0 Å². The number of carbonyl (C=O) groups excluding carboxylic acids is 2. The van der Waals surface area contributed by atoms with Gasteiger partial charge in [0.05, 0.1) is 23.1 Å². The van der Waals surface area contributed by atoms with Gasteiger partial charge in [0.2, 0.25) is 0 Å². The molecule has 0 amide bonds. The quantitative estimate of drug-likeness (QED) is 0.215. The summed E-state index contributed by atoms with van der Waals surface area (Å²) in [6, 6.07) is 6.30. The molecule has 1 atom stereocenters. The smallest absolute Gasteiger partial charge is 0.338 e. The van der Waals surface area contributed by atoms with Crippen LogP contribution in [0, 0.1) is 0 Å². The zero-order chi connectivity index (χ0) is 19.9. The van der Waals surface area contributed by atoms with Crippen LogP contribution in [0.25, 0.3) is 0 Å². The number of hydrogen-bond acceptors (Lipinski definition) is 4. The molecule has 4 nitrogen and oxygen atoms in total. The number of ether oxygens (including phenoxy) is 2. The van der Waals surface area contributed by atoms with Crippen molar-refractivity contribution in [3.05, 3.63) is 35.4 Å². The number of alkyl halides is 1. The maximum Gasteiger partial charge on any atom is 0.338 e. The maximum atomic E-state index is 12.0.